The zero-order valence-electron chi connectivity index (χ0n) is 13.5. The van der Waals surface area contributed by atoms with E-state index in [1.807, 2.05) is 0 Å². The molecule has 2 saturated heterocycles. The molecule has 0 radical (unpaired) electrons. The summed E-state index contributed by atoms with van der Waals surface area (Å²) in [5.41, 5.74) is 0. The van der Waals surface area contributed by atoms with Gasteiger partial charge in [-0.1, -0.05) is 0 Å². The minimum Gasteiger partial charge on any atom is -0.466 e. The van der Waals surface area contributed by atoms with Crippen LogP contribution in [-0.4, -0.2) is 68.2 Å². The Kier molecular flexibility index (Phi) is 6.65. The lowest BCUT2D eigenvalue weighted by Crippen LogP contribution is -2.43. The topological polar surface area (TPSA) is 66.9 Å². The number of carbonyl (C=O) groups excluding carboxylic acids is 1. The third-order valence-electron chi connectivity index (χ3n) is 4.44. The number of ether oxygens (including phenoxy) is 1. The third-order valence-corrected chi connectivity index (χ3v) is 6.44. The molecule has 2 fully saturated rings. The van der Waals surface area contributed by atoms with E-state index in [4.69, 9.17) is 4.74 Å². The van der Waals surface area contributed by atoms with Crippen LogP contribution in [0.4, 0.5) is 0 Å². The largest absolute Gasteiger partial charge is 0.466 e. The van der Waals surface area contributed by atoms with Crippen molar-refractivity contribution in [1.82, 2.24) is 9.21 Å². The Balaban J connectivity index is 1.82. The molecule has 1 atom stereocenters. The summed E-state index contributed by atoms with van der Waals surface area (Å²) in [4.78, 5) is 13.7. The van der Waals surface area contributed by atoms with E-state index >= 15 is 0 Å². The fraction of sp³-hybridized carbons (Fsp3) is 0.933. The van der Waals surface area contributed by atoms with Gasteiger partial charge in [-0.3, -0.25) is 4.79 Å². The average Bonchev–Trinajstić information content (AvgIpc) is 3.11. The lowest BCUT2D eigenvalue weighted by molar-refractivity contribution is -0.143. The number of likely N-dealkylation sites (tertiary alicyclic amines) is 1. The Morgan fingerprint density at radius 3 is 2.59 bits per heavy atom. The normalized spacial score (nSPS) is 24.0. The van der Waals surface area contributed by atoms with Crippen molar-refractivity contribution in [1.29, 1.82) is 0 Å². The molecule has 0 aliphatic carbocycles. The van der Waals surface area contributed by atoms with Crippen LogP contribution in [0.5, 0.6) is 0 Å². The van der Waals surface area contributed by atoms with Crippen molar-refractivity contribution in [3.8, 4) is 0 Å². The van der Waals surface area contributed by atoms with E-state index in [1.165, 1.54) is 12.8 Å². The summed E-state index contributed by atoms with van der Waals surface area (Å²) in [6, 6.07) is 0.116. The molecule has 2 aliphatic rings. The van der Waals surface area contributed by atoms with Gasteiger partial charge in [0.2, 0.25) is 10.0 Å². The molecule has 0 aromatic carbocycles. The zero-order chi connectivity index (χ0) is 16.0. The first-order valence-corrected chi connectivity index (χ1v) is 10.0. The van der Waals surface area contributed by atoms with Gasteiger partial charge >= 0.3 is 5.97 Å². The van der Waals surface area contributed by atoms with Crippen LogP contribution in [0.15, 0.2) is 0 Å². The van der Waals surface area contributed by atoms with E-state index < -0.39 is 10.0 Å². The molecular weight excluding hydrogens is 304 g/mol. The smallest absolute Gasteiger partial charge is 0.305 e. The first-order valence-electron chi connectivity index (χ1n) is 8.40. The molecule has 0 N–H and O–H groups in total. The maximum atomic E-state index is 12.5. The minimum absolute atomic E-state index is 0.0440. The first-order chi connectivity index (χ1) is 10.5. The Hall–Kier alpha value is -0.660. The van der Waals surface area contributed by atoms with E-state index in [0.29, 0.717) is 19.6 Å². The number of nitrogens with zero attached hydrogens (tertiary/aromatic N) is 2. The lowest BCUT2D eigenvalue weighted by Gasteiger charge is -2.27. The van der Waals surface area contributed by atoms with Gasteiger partial charge in [0, 0.05) is 25.6 Å². The van der Waals surface area contributed by atoms with Gasteiger partial charge in [0.05, 0.1) is 12.4 Å². The molecule has 0 bridgehead atoms. The van der Waals surface area contributed by atoms with Gasteiger partial charge in [-0.2, -0.15) is 4.31 Å². The minimum atomic E-state index is -3.26. The molecule has 128 valence electrons. The van der Waals surface area contributed by atoms with Gasteiger partial charge < -0.3 is 9.64 Å². The van der Waals surface area contributed by atoms with Crippen LogP contribution >= 0.6 is 0 Å². The molecule has 2 aliphatic heterocycles. The number of carbonyl (C=O) groups is 1. The van der Waals surface area contributed by atoms with E-state index in [2.05, 4.69) is 4.90 Å². The van der Waals surface area contributed by atoms with Gasteiger partial charge in [-0.15, -0.1) is 0 Å². The van der Waals surface area contributed by atoms with Gasteiger partial charge in [0.15, 0.2) is 0 Å². The second-order valence-corrected chi connectivity index (χ2v) is 8.18. The fourth-order valence-electron chi connectivity index (χ4n) is 3.37. The summed E-state index contributed by atoms with van der Waals surface area (Å²) < 4.78 is 31.5. The van der Waals surface area contributed by atoms with Crippen molar-refractivity contribution in [2.45, 2.75) is 51.5 Å². The maximum absolute atomic E-state index is 12.5. The van der Waals surface area contributed by atoms with Crippen LogP contribution in [0.25, 0.3) is 0 Å². The van der Waals surface area contributed by atoms with Gasteiger partial charge in [-0.05, 0) is 52.1 Å². The highest BCUT2D eigenvalue weighted by Crippen LogP contribution is 2.24. The van der Waals surface area contributed by atoms with E-state index in [-0.39, 0.29) is 24.2 Å². The molecule has 0 spiro atoms. The van der Waals surface area contributed by atoms with Crippen LogP contribution in [-0.2, 0) is 19.6 Å². The summed E-state index contributed by atoms with van der Waals surface area (Å²) in [6.45, 7) is 5.76. The molecule has 6 nitrogen and oxygen atoms in total. The van der Waals surface area contributed by atoms with Crippen molar-refractivity contribution in [3.05, 3.63) is 0 Å². The quantitative estimate of drug-likeness (QED) is 0.625. The molecule has 0 amide bonds. The standard InChI is InChI=1S/C15H28N2O4S/c1-2-21-15(18)8-6-12-22(19,20)17-11-5-7-14(17)13-16-9-3-4-10-16/h14H,2-13H2,1H3/t14-/m0/s1. The predicted octanol–water partition coefficient (Wildman–Crippen LogP) is 1.22. The number of rotatable bonds is 8. The van der Waals surface area contributed by atoms with Crippen molar-refractivity contribution in [3.63, 3.8) is 0 Å². The summed E-state index contributed by atoms with van der Waals surface area (Å²) in [6.07, 6.45) is 4.85. The molecule has 22 heavy (non-hydrogen) atoms. The van der Waals surface area contributed by atoms with Crippen LogP contribution in [0.3, 0.4) is 0 Å². The monoisotopic (exact) mass is 332 g/mol. The van der Waals surface area contributed by atoms with Crippen molar-refractivity contribution in [2.75, 3.05) is 38.5 Å². The van der Waals surface area contributed by atoms with E-state index in [0.717, 1.165) is 32.5 Å². The van der Waals surface area contributed by atoms with Crippen LogP contribution < -0.4 is 0 Å². The van der Waals surface area contributed by atoms with Crippen molar-refractivity contribution >= 4 is 16.0 Å². The van der Waals surface area contributed by atoms with E-state index in [1.54, 1.807) is 11.2 Å². The van der Waals surface area contributed by atoms with Crippen molar-refractivity contribution < 1.29 is 17.9 Å². The molecule has 7 heteroatoms. The highest BCUT2D eigenvalue weighted by molar-refractivity contribution is 7.89. The fourth-order valence-corrected chi connectivity index (χ4v) is 5.15. The molecular formula is C15H28N2O4S. The van der Waals surface area contributed by atoms with Crippen molar-refractivity contribution in [2.24, 2.45) is 0 Å². The van der Waals surface area contributed by atoms with Crippen LogP contribution in [0.1, 0.15) is 45.4 Å². The number of sulfonamides is 1. The molecule has 2 rings (SSSR count). The third kappa shape index (κ3) is 4.93. The maximum Gasteiger partial charge on any atom is 0.305 e. The van der Waals surface area contributed by atoms with Crippen LogP contribution in [0.2, 0.25) is 0 Å². The zero-order valence-corrected chi connectivity index (χ0v) is 14.3. The Bertz CT molecular complexity index is 460. The molecule has 0 unspecified atom stereocenters. The number of hydrogen-bond acceptors (Lipinski definition) is 5. The second kappa shape index (κ2) is 8.26. The predicted molar refractivity (Wildman–Crippen MR) is 85.1 cm³/mol. The Morgan fingerprint density at radius 2 is 1.91 bits per heavy atom. The molecule has 0 saturated carbocycles. The molecule has 0 aromatic rings. The number of hydrogen-bond donors (Lipinski definition) is 0. The van der Waals surface area contributed by atoms with Crippen LogP contribution in [0, 0.1) is 0 Å². The van der Waals surface area contributed by atoms with Gasteiger partial charge in [-0.25, -0.2) is 8.42 Å². The second-order valence-electron chi connectivity index (χ2n) is 6.14. The summed E-state index contributed by atoms with van der Waals surface area (Å²) >= 11 is 0. The summed E-state index contributed by atoms with van der Waals surface area (Å²) in [5, 5.41) is 0. The highest BCUT2D eigenvalue weighted by atomic mass is 32.2. The highest BCUT2D eigenvalue weighted by Gasteiger charge is 2.35. The Labute approximate surface area is 133 Å². The Morgan fingerprint density at radius 1 is 1.18 bits per heavy atom. The van der Waals surface area contributed by atoms with Gasteiger partial charge in [0.1, 0.15) is 0 Å². The lowest BCUT2D eigenvalue weighted by atomic mass is 10.2. The number of esters is 1. The summed E-state index contributed by atoms with van der Waals surface area (Å²) in [7, 11) is -3.26. The first kappa shape index (κ1) is 17.7. The molecule has 0 aromatic heterocycles. The van der Waals surface area contributed by atoms with Gasteiger partial charge in [0.25, 0.3) is 0 Å². The SMILES string of the molecule is CCOC(=O)CCCS(=O)(=O)N1CCC[C@H]1CN1CCCC1. The summed E-state index contributed by atoms with van der Waals surface area (Å²) in [5.74, 6) is -0.268. The average molecular weight is 332 g/mol. The molecule has 2 heterocycles. The van der Waals surface area contributed by atoms with E-state index in [9.17, 15) is 13.2 Å².